The number of aryl methyl sites for hydroxylation is 3. The van der Waals surface area contributed by atoms with Crippen LogP contribution in [-0.2, 0) is 13.5 Å². The van der Waals surface area contributed by atoms with E-state index in [9.17, 15) is 0 Å². The lowest BCUT2D eigenvalue weighted by molar-refractivity contribution is 0.285. The molecule has 18 aromatic heterocycles. The number of anilines is 18. The van der Waals surface area contributed by atoms with E-state index in [1.807, 2.05) is 114 Å². The molecule has 19 aromatic rings. The Hall–Kier alpha value is -16.3. The number of aromatic nitrogens is 32. The van der Waals surface area contributed by atoms with Crippen LogP contribution in [0.5, 0.6) is 0 Å². The van der Waals surface area contributed by atoms with Crippen LogP contribution in [-0.4, -0.2) is 189 Å². The number of nitrogens with zero attached hydrogens (tertiary/aromatic N) is 24. The summed E-state index contributed by atoms with van der Waals surface area (Å²) < 4.78 is 7.68. The molecule has 44 nitrogen and oxygen atoms in total. The van der Waals surface area contributed by atoms with Crippen LogP contribution in [0.4, 0.5) is 105 Å². The lowest BCUT2D eigenvalue weighted by Crippen LogP contribution is -2.31. The second-order valence-corrected chi connectivity index (χ2v) is 41.0. The van der Waals surface area contributed by atoms with Crippen LogP contribution in [0.2, 0.25) is 0 Å². The Labute approximate surface area is 848 Å². The number of aromatic amines is 8. The molecule has 44 heteroatoms. The molecule has 0 radical (unpaired) electrons. The molecule has 7 saturated carbocycles. The number of imidazole rings is 2. The van der Waals surface area contributed by atoms with Crippen molar-refractivity contribution in [3.8, 4) is 0 Å². The smallest absolute Gasteiger partial charge is 0.232 e. The molecule has 7 fully saturated rings. The standard InChI is InChI=1S/C22H25N7.C18H23N7.C18H25N7.C17H21N7.2C14H18N8/c1-13(2)29-14(3)19(12-24-29)26-22-27-20-17(10-11-23-20)21(28-22)25-18-9-8-15-6-4-5-7-16(15)18;1-11(12-5-6-12)21-17-15-7-8-19-16(15)23-18(24-17)22-13-9-20-25(10-13)14-3-2-4-14;1-11(2)25-10-14(9-20-25)22-18-23-16-15(7-8-19-16)17(24-18)21-12(3)13-5-4-6-13;1-9(10-2-3-10)19-16-12-6-7-18-15(12)21-17(22-16)20-14-8-13(23-24-14)11-4-5-11;1-8(9-3-4-9)18-13-11-12(16-7-15-11)20-14(21-13)19-10-5-17-22(2)6-10;1-7-5-10(22-21-7)18-14-19-12-11(15-6-16-12)13(20-14)17-8(2)9-3-4-9/h4-7,10-13,18H,8-9H2,1-3H3,(H3,23,25,26,27,28);7-12,14H,2-6H2,1H3,(H3,19,21,22,23,24);7-13H,4-6H2,1-3H3,(H3,19,21,22,23,24);6-11H,2-5H2,1H3,(H4,18,19,20,21,22,23,24);5-9H,3-4H2,1-2H3,(H3,15,16,18,19,20,21);5-6,8-9H,3-4H2,1-2H3,(H4,15,16,17,18,19,20,21,22)/t18-;11-;12-;9-;2*8-/m000000/s1. The molecule has 8 aliphatic rings. The third-order valence-corrected chi connectivity index (χ3v) is 28.9. The molecule has 147 heavy (non-hydrogen) atoms. The molecule has 27 rings (SSSR count). The molecule has 0 aliphatic heterocycles. The van der Waals surface area contributed by atoms with E-state index in [-0.39, 0.29) is 6.04 Å². The Bertz CT molecular complexity index is 7570. The van der Waals surface area contributed by atoms with Gasteiger partial charge in [-0.25, -0.2) is 9.97 Å². The topological polar surface area (TPSA) is 548 Å². The van der Waals surface area contributed by atoms with E-state index >= 15 is 0 Å². The summed E-state index contributed by atoms with van der Waals surface area (Å²) in [6.45, 7) is 23.5. The van der Waals surface area contributed by atoms with Gasteiger partial charge in [-0.15, -0.1) is 0 Å². The van der Waals surface area contributed by atoms with Crippen molar-refractivity contribution in [1.29, 1.82) is 0 Å². The van der Waals surface area contributed by atoms with E-state index in [1.165, 1.54) is 120 Å². The molecule has 1 aromatic carbocycles. The van der Waals surface area contributed by atoms with Gasteiger partial charge in [-0.05, 0) is 250 Å². The minimum absolute atomic E-state index is 0.262. The van der Waals surface area contributed by atoms with E-state index in [4.69, 9.17) is 15.0 Å². The molecule has 762 valence electrons. The van der Waals surface area contributed by atoms with Crippen molar-refractivity contribution in [2.24, 2.45) is 36.6 Å². The number of H-pyrrole nitrogens is 8. The van der Waals surface area contributed by atoms with E-state index in [0.717, 1.165) is 172 Å². The Morgan fingerprint density at radius 2 is 0.823 bits per heavy atom. The summed E-state index contributed by atoms with van der Waals surface area (Å²) >= 11 is 0. The highest BCUT2D eigenvalue weighted by Crippen LogP contribution is 2.44. The van der Waals surface area contributed by atoms with Crippen LogP contribution in [0.25, 0.3) is 66.5 Å². The van der Waals surface area contributed by atoms with Gasteiger partial charge < -0.3 is 93.7 Å². The number of rotatable bonds is 33. The first-order valence-corrected chi connectivity index (χ1v) is 51.9. The average Bonchev–Trinajstić information content (AvgIpc) is 1.65. The predicted molar refractivity (Wildman–Crippen MR) is 576 cm³/mol. The zero-order valence-corrected chi connectivity index (χ0v) is 84.9. The first-order chi connectivity index (χ1) is 71.6. The highest BCUT2D eigenvalue weighted by Gasteiger charge is 2.35. The minimum Gasteiger partial charge on any atom is -0.367 e. The van der Waals surface area contributed by atoms with Gasteiger partial charge in [-0.2, -0.15) is 90.4 Å². The summed E-state index contributed by atoms with van der Waals surface area (Å²) in [4.78, 5) is 82.8. The van der Waals surface area contributed by atoms with Crippen molar-refractivity contribution in [3.63, 3.8) is 0 Å². The zero-order chi connectivity index (χ0) is 100. The van der Waals surface area contributed by atoms with Crippen LogP contribution in [0.15, 0.2) is 141 Å². The van der Waals surface area contributed by atoms with Crippen LogP contribution in [0.3, 0.4) is 0 Å². The SMILES string of the molecule is CC(C)n1cc(Nc2nc(N[C@@H](C)C3CCC3)c3cc[nH]c3n2)cn1.C[C@H](Nc1nc(Nc2cc(C3CC3)[nH]n2)nc2[nH]ccc12)C1CC1.C[C@H](Nc1nc(Nc2cnn(C)c2)nc2nc[nH]c12)C1CC1.C[C@H](Nc1nc(Nc2cnn(C3CCC3)c2)nc2[nH]ccc12)C1CC1.Cc1c(Nc2nc(N[C@H]3CCc4ccccc43)c3cc[nH]c3n2)cnn1C(C)C.Cc1cc(Nc2nc(N[C@@H](C)C3CC3)c3[nH]cnc3n2)n[nH]1. The fourth-order valence-corrected chi connectivity index (χ4v) is 19.0. The summed E-state index contributed by atoms with van der Waals surface area (Å²) in [7, 11) is 1.87. The van der Waals surface area contributed by atoms with E-state index in [2.05, 4.69) is 289 Å². The number of hydrogen-bond donors (Lipinski definition) is 20. The van der Waals surface area contributed by atoms with Gasteiger partial charge in [-0.3, -0.25) is 28.9 Å². The Morgan fingerprint density at radius 3 is 1.29 bits per heavy atom. The van der Waals surface area contributed by atoms with Gasteiger partial charge in [0, 0.05) is 122 Å². The van der Waals surface area contributed by atoms with Gasteiger partial charge in [0.05, 0.1) is 99.5 Å². The van der Waals surface area contributed by atoms with E-state index in [1.54, 1.807) is 29.7 Å². The monoisotopic (exact) mass is 1980 g/mol. The number of hydrogen-bond acceptors (Lipinski definition) is 32. The summed E-state index contributed by atoms with van der Waals surface area (Å²) in [5, 5.41) is 76.7. The molecule has 8 aliphatic carbocycles. The molecule has 0 bridgehead atoms. The van der Waals surface area contributed by atoms with Crippen molar-refractivity contribution >= 4 is 171 Å². The highest BCUT2D eigenvalue weighted by atomic mass is 15.3. The van der Waals surface area contributed by atoms with Crippen molar-refractivity contribution in [2.75, 3.05) is 63.8 Å². The molecular formula is C103H130N44. The maximum absolute atomic E-state index is 4.81. The molecular weight excluding hydrogens is 1850 g/mol. The van der Waals surface area contributed by atoms with Crippen molar-refractivity contribution in [2.45, 2.75) is 252 Å². The Morgan fingerprint density at radius 1 is 0.381 bits per heavy atom. The third-order valence-electron chi connectivity index (χ3n) is 28.9. The summed E-state index contributed by atoms with van der Waals surface area (Å²) in [5.41, 5.74) is 15.8. The van der Waals surface area contributed by atoms with E-state index < -0.39 is 0 Å². The van der Waals surface area contributed by atoms with Gasteiger partial charge >= 0.3 is 0 Å². The van der Waals surface area contributed by atoms with Gasteiger partial charge in [-0.1, -0.05) is 30.7 Å². The predicted octanol–water partition coefficient (Wildman–Crippen LogP) is 20.7. The zero-order valence-electron chi connectivity index (χ0n) is 84.9. The minimum atomic E-state index is 0.262. The highest BCUT2D eigenvalue weighted by molar-refractivity contribution is 5.92. The summed E-state index contributed by atoms with van der Waals surface area (Å²) in [6.07, 6.45) is 46.7. The van der Waals surface area contributed by atoms with Crippen LogP contribution < -0.4 is 63.8 Å². The lowest BCUT2D eigenvalue weighted by Gasteiger charge is -2.32. The maximum atomic E-state index is 4.81. The average molecular weight is 1980 g/mol. The van der Waals surface area contributed by atoms with Gasteiger partial charge in [0.25, 0.3) is 0 Å². The van der Waals surface area contributed by atoms with Crippen LogP contribution in [0, 0.1) is 43.4 Å². The Kier molecular flexibility index (Phi) is 27.1. The fraction of sp³-hybridized carbons (Fsp3) is 0.437. The first-order valence-electron chi connectivity index (χ1n) is 51.9. The van der Waals surface area contributed by atoms with Gasteiger partial charge in [0.2, 0.25) is 35.7 Å². The second kappa shape index (κ2) is 41.8. The van der Waals surface area contributed by atoms with Gasteiger partial charge in [0.1, 0.15) is 56.9 Å². The molecule has 0 spiro atoms. The Balaban J connectivity index is 0.000000100. The normalized spacial score (nSPS) is 16.9. The lowest BCUT2D eigenvalue weighted by atomic mass is 9.80. The number of nitrogens with one attached hydrogen (secondary N) is 20. The quantitative estimate of drug-likeness (QED) is 0.0182. The molecule has 18 heterocycles. The molecule has 0 unspecified atom stereocenters. The number of fused-ring (bicyclic) bond motifs is 7. The van der Waals surface area contributed by atoms with Crippen molar-refractivity contribution in [1.82, 2.24) is 159 Å². The summed E-state index contributed by atoms with van der Waals surface area (Å²) in [6, 6.07) is 24.2. The van der Waals surface area contributed by atoms with Crippen LogP contribution >= 0.6 is 0 Å². The largest absolute Gasteiger partial charge is 0.367 e. The van der Waals surface area contributed by atoms with Gasteiger partial charge in [0.15, 0.2) is 34.6 Å². The second-order valence-electron chi connectivity index (χ2n) is 41.0. The fourth-order valence-electron chi connectivity index (χ4n) is 19.0. The van der Waals surface area contributed by atoms with Crippen LogP contribution in [0.1, 0.15) is 230 Å². The van der Waals surface area contributed by atoms with Crippen molar-refractivity contribution in [3.05, 3.63) is 170 Å². The molecule has 20 N–H and O–H groups in total. The van der Waals surface area contributed by atoms with Crippen molar-refractivity contribution < 1.29 is 0 Å². The number of benzene rings is 1. The maximum Gasteiger partial charge on any atom is 0.232 e. The molecule has 6 atom stereocenters. The summed E-state index contributed by atoms with van der Waals surface area (Å²) in [5.74, 6) is 14.2. The molecule has 0 saturated heterocycles. The first kappa shape index (κ1) is 95.5. The molecule has 0 amide bonds. The van der Waals surface area contributed by atoms with E-state index in [0.29, 0.717) is 107 Å². The third kappa shape index (κ3) is 22.8.